The molecular formula is C33H34ClF3N4O2. The Bertz CT molecular complexity index is 1660. The third kappa shape index (κ3) is 6.27. The molecule has 10 heteroatoms. The van der Waals surface area contributed by atoms with Gasteiger partial charge in [0.15, 0.2) is 0 Å². The van der Waals surface area contributed by atoms with Crippen LogP contribution in [0, 0.1) is 5.82 Å². The van der Waals surface area contributed by atoms with Gasteiger partial charge in [0, 0.05) is 42.7 Å². The topological polar surface area (TPSA) is 58.6 Å². The van der Waals surface area contributed by atoms with E-state index in [9.17, 15) is 18.0 Å². The molecule has 2 aromatic heterocycles. The van der Waals surface area contributed by atoms with E-state index >= 15 is 0 Å². The Hall–Kier alpha value is -3.85. The third-order valence-corrected chi connectivity index (χ3v) is 7.64. The summed E-state index contributed by atoms with van der Waals surface area (Å²) in [5, 5.41) is 0.634. The molecule has 5 rings (SSSR count). The highest BCUT2D eigenvalue weighted by atomic mass is 35.5. The molecule has 0 aliphatic carbocycles. The largest absolute Gasteiger partial charge is 0.444 e. The molecule has 226 valence electrons. The second-order valence-corrected chi connectivity index (χ2v) is 12.3. The summed E-state index contributed by atoms with van der Waals surface area (Å²) in [6.07, 6.45) is -3.35. The summed E-state index contributed by atoms with van der Waals surface area (Å²) in [6, 6.07) is 15.1. The maximum absolute atomic E-state index is 14.9. The van der Waals surface area contributed by atoms with Crippen LogP contribution in [0.15, 0.2) is 54.6 Å². The molecule has 0 spiro atoms. The number of carbonyl (C=O) groups excluding carboxylic acids is 1. The van der Waals surface area contributed by atoms with Gasteiger partial charge < -0.3 is 14.5 Å². The number of benzene rings is 2. The van der Waals surface area contributed by atoms with Crippen molar-refractivity contribution in [3.8, 4) is 22.4 Å². The lowest BCUT2D eigenvalue weighted by Gasteiger charge is -2.37. The van der Waals surface area contributed by atoms with Crippen LogP contribution >= 0.6 is 11.6 Å². The lowest BCUT2D eigenvalue weighted by atomic mass is 9.90. The van der Waals surface area contributed by atoms with E-state index in [-0.39, 0.29) is 39.1 Å². The molecule has 0 atom stereocenters. The van der Waals surface area contributed by atoms with Crippen LogP contribution < -0.4 is 4.90 Å². The molecule has 1 aliphatic rings. The lowest BCUT2D eigenvalue weighted by Crippen LogP contribution is -2.50. The molecule has 0 bridgehead atoms. The molecule has 0 radical (unpaired) electrons. The molecule has 1 fully saturated rings. The lowest BCUT2D eigenvalue weighted by molar-refractivity contribution is 0.0240. The predicted octanol–water partition coefficient (Wildman–Crippen LogP) is 8.87. The molecule has 6 nitrogen and oxygen atoms in total. The van der Waals surface area contributed by atoms with Crippen molar-refractivity contribution in [2.75, 3.05) is 31.1 Å². The molecule has 1 saturated heterocycles. The van der Waals surface area contributed by atoms with Gasteiger partial charge in [0.1, 0.15) is 22.9 Å². The molecule has 0 saturated carbocycles. The predicted molar refractivity (Wildman–Crippen MR) is 164 cm³/mol. The van der Waals surface area contributed by atoms with Crippen molar-refractivity contribution in [2.45, 2.75) is 52.6 Å². The van der Waals surface area contributed by atoms with Crippen molar-refractivity contribution < 1.29 is 22.7 Å². The fourth-order valence-corrected chi connectivity index (χ4v) is 5.62. The van der Waals surface area contributed by atoms with Crippen LogP contribution in [0.3, 0.4) is 0 Å². The number of nitrogens with zero attached hydrogens (tertiary/aromatic N) is 4. The first kappa shape index (κ1) is 30.6. The van der Waals surface area contributed by atoms with Crippen molar-refractivity contribution in [1.82, 2.24) is 14.9 Å². The number of amides is 1. The summed E-state index contributed by atoms with van der Waals surface area (Å²) < 4.78 is 50.4. The van der Waals surface area contributed by atoms with Crippen molar-refractivity contribution in [3.63, 3.8) is 0 Å². The third-order valence-electron chi connectivity index (χ3n) is 7.35. The minimum atomic E-state index is -2.92. The summed E-state index contributed by atoms with van der Waals surface area (Å²) in [5.41, 5.74) is 1.16. The molecule has 0 unspecified atom stereocenters. The number of fused-ring (bicyclic) bond motifs is 1. The molecule has 43 heavy (non-hydrogen) atoms. The van der Waals surface area contributed by atoms with Crippen molar-refractivity contribution in [1.29, 1.82) is 0 Å². The Labute approximate surface area is 254 Å². The van der Waals surface area contributed by atoms with Crippen LogP contribution in [0.2, 0.25) is 5.02 Å². The molecule has 2 aromatic carbocycles. The van der Waals surface area contributed by atoms with E-state index in [1.165, 1.54) is 6.07 Å². The van der Waals surface area contributed by atoms with E-state index in [4.69, 9.17) is 21.3 Å². The summed E-state index contributed by atoms with van der Waals surface area (Å²) in [5.74, 6) is -0.216. The number of piperazine rings is 1. The number of carbonyl (C=O) groups is 1. The van der Waals surface area contributed by atoms with Gasteiger partial charge in [-0.05, 0) is 56.0 Å². The smallest absolute Gasteiger partial charge is 0.410 e. The number of alkyl halides is 2. The monoisotopic (exact) mass is 610 g/mol. The Kier molecular flexibility index (Phi) is 8.56. The van der Waals surface area contributed by atoms with Gasteiger partial charge in [-0.15, -0.1) is 0 Å². The number of ether oxygens (including phenoxy) is 1. The molecule has 4 aromatic rings. The van der Waals surface area contributed by atoms with E-state index in [1.807, 2.05) is 30.9 Å². The van der Waals surface area contributed by atoms with Crippen LogP contribution in [0.5, 0.6) is 0 Å². The zero-order chi connectivity index (χ0) is 31.1. The maximum Gasteiger partial charge on any atom is 0.410 e. The quantitative estimate of drug-likeness (QED) is 0.226. The second kappa shape index (κ2) is 12.0. The first-order chi connectivity index (χ1) is 20.4. The van der Waals surface area contributed by atoms with Gasteiger partial charge in [-0.3, -0.25) is 0 Å². The number of anilines is 1. The summed E-state index contributed by atoms with van der Waals surface area (Å²) in [6.45, 7) is 10.7. The maximum atomic E-state index is 14.9. The van der Waals surface area contributed by atoms with Gasteiger partial charge in [0.2, 0.25) is 0 Å². The number of hydrogen-bond acceptors (Lipinski definition) is 5. The minimum absolute atomic E-state index is 0.0238. The van der Waals surface area contributed by atoms with Crippen LogP contribution in [0.1, 0.15) is 58.2 Å². The number of hydrogen-bond donors (Lipinski definition) is 0. The highest BCUT2D eigenvalue weighted by Gasteiger charge is 2.31. The van der Waals surface area contributed by atoms with E-state index < -0.39 is 29.6 Å². The van der Waals surface area contributed by atoms with Crippen molar-refractivity contribution >= 4 is 34.4 Å². The van der Waals surface area contributed by atoms with Gasteiger partial charge in [0.05, 0.1) is 16.2 Å². The Balaban J connectivity index is 1.72. The average Bonchev–Trinajstić information content (AvgIpc) is 2.95. The number of pyridine rings is 2. The summed E-state index contributed by atoms with van der Waals surface area (Å²) >= 11 is 6.74. The molecule has 3 heterocycles. The number of aromatic nitrogens is 2. The second-order valence-electron chi connectivity index (χ2n) is 11.9. The van der Waals surface area contributed by atoms with Crippen LogP contribution in [-0.4, -0.2) is 52.7 Å². The van der Waals surface area contributed by atoms with Gasteiger partial charge in [0.25, 0.3) is 6.43 Å². The van der Waals surface area contributed by atoms with Gasteiger partial charge in [-0.25, -0.2) is 27.9 Å². The average molecular weight is 611 g/mol. The highest BCUT2D eigenvalue weighted by molar-refractivity contribution is 6.34. The standard InChI is InChI=1S/C33H34ClF3N4O2/c1-19(2)20-10-6-7-11-21(20)26-28-23(18-24(34)27(38-28)22-12-8-9-13-25(22)35)31(39-29(26)30(36)37)40-14-16-41(17-15-40)32(42)43-33(3,4)5/h6-13,18-19,30H,14-17H2,1-5H3. The van der Waals surface area contributed by atoms with Crippen LogP contribution in [0.4, 0.5) is 23.8 Å². The Morgan fingerprint density at radius 2 is 1.58 bits per heavy atom. The Morgan fingerprint density at radius 3 is 2.19 bits per heavy atom. The van der Waals surface area contributed by atoms with Crippen molar-refractivity contribution in [2.24, 2.45) is 0 Å². The van der Waals surface area contributed by atoms with Gasteiger partial charge >= 0.3 is 6.09 Å². The summed E-state index contributed by atoms with van der Waals surface area (Å²) in [7, 11) is 0. The van der Waals surface area contributed by atoms with E-state index in [0.717, 1.165) is 5.56 Å². The van der Waals surface area contributed by atoms with E-state index in [0.29, 0.717) is 37.1 Å². The van der Waals surface area contributed by atoms with Crippen LogP contribution in [-0.2, 0) is 4.74 Å². The molecular weight excluding hydrogens is 577 g/mol. The van der Waals surface area contributed by atoms with Gasteiger partial charge in [-0.2, -0.15) is 0 Å². The fourth-order valence-electron chi connectivity index (χ4n) is 5.36. The van der Waals surface area contributed by atoms with Gasteiger partial charge in [-0.1, -0.05) is 61.8 Å². The highest BCUT2D eigenvalue weighted by Crippen LogP contribution is 2.44. The number of halogens is 4. The molecule has 1 aliphatic heterocycles. The van der Waals surface area contributed by atoms with Crippen LogP contribution in [0.25, 0.3) is 33.3 Å². The SMILES string of the molecule is CC(C)c1ccccc1-c1c(C(F)F)nc(N2CCN(C(=O)OC(C)(C)C)CC2)c2cc(Cl)c(-c3ccccc3F)nc12. The zero-order valence-corrected chi connectivity index (χ0v) is 25.6. The zero-order valence-electron chi connectivity index (χ0n) is 24.8. The minimum Gasteiger partial charge on any atom is -0.444 e. The van der Waals surface area contributed by atoms with E-state index in [1.54, 1.807) is 62.1 Å². The normalized spacial score (nSPS) is 14.2. The first-order valence-electron chi connectivity index (χ1n) is 14.2. The summed E-state index contributed by atoms with van der Waals surface area (Å²) in [4.78, 5) is 25.5. The number of rotatable bonds is 5. The fraction of sp³-hybridized carbons (Fsp3) is 0.364. The van der Waals surface area contributed by atoms with E-state index in [2.05, 4.69) is 4.98 Å². The Morgan fingerprint density at radius 1 is 0.953 bits per heavy atom. The molecule has 0 N–H and O–H groups in total. The molecule has 1 amide bonds. The first-order valence-corrected chi connectivity index (χ1v) is 14.6. The van der Waals surface area contributed by atoms with Crippen molar-refractivity contribution in [3.05, 3.63) is 76.7 Å².